The van der Waals surface area contributed by atoms with E-state index in [4.69, 9.17) is 9.60 Å². The first-order chi connectivity index (χ1) is 16.5. The van der Waals surface area contributed by atoms with Gasteiger partial charge < -0.3 is 10.2 Å². The topological polar surface area (TPSA) is 40.5 Å². The third-order valence-electron chi connectivity index (χ3n) is 10.0. The summed E-state index contributed by atoms with van der Waals surface area (Å²) >= 11 is 0. The largest absolute Gasteiger partial charge is 0.390 e. The normalized spacial score (nSPS) is 52.7. The number of fused-ring (bicyclic) bond motifs is 5. The first-order valence-electron chi connectivity index (χ1n) is 15.5. The second-order valence-corrected chi connectivity index (χ2v) is 11.3. The van der Waals surface area contributed by atoms with E-state index >= 15 is 0 Å². The van der Waals surface area contributed by atoms with E-state index in [1.807, 2.05) is 0 Å². The Morgan fingerprint density at radius 1 is 1.10 bits per heavy atom. The SMILES string of the molecule is [2H]C([2H])([2H])C([2H])(CCC[C@@H](C)[C@H]1CC[C@H]2[C@@H]3CC=C4C(O)C(O)CC[C@]4(C)[C@H]3CC[C@]12C)C([2H])([2H])[2H]. The maximum Gasteiger partial charge on any atom is 0.101 e. The van der Waals surface area contributed by atoms with E-state index in [9.17, 15) is 10.2 Å². The highest BCUT2D eigenvalue weighted by atomic mass is 16.3. The Balaban J connectivity index is 1.45. The van der Waals surface area contributed by atoms with Gasteiger partial charge in [0.15, 0.2) is 0 Å². The van der Waals surface area contributed by atoms with Crippen LogP contribution in [0.25, 0.3) is 0 Å². The summed E-state index contributed by atoms with van der Waals surface area (Å²) in [6.45, 7) is 1.32. The highest BCUT2D eigenvalue weighted by molar-refractivity contribution is 5.29. The number of allylic oxidation sites excluding steroid dienone is 1. The van der Waals surface area contributed by atoms with Crippen LogP contribution in [0.5, 0.6) is 0 Å². The number of hydrogen-bond donors (Lipinski definition) is 2. The standard InChI is InChI=1S/C27H46O2/c1-17(2)7-6-8-18(3)20-11-12-21-19-9-10-23-25(29)24(28)14-16-27(23,5)22(19)13-15-26(20,21)4/h10,17-22,24-25,28-29H,6-9,11-16H2,1-5H3/t18-,19+,20-,21+,22+,24?,25?,26-,27-/m1/s1/i1D3,2D3,17D. The highest BCUT2D eigenvalue weighted by Gasteiger charge is 2.60. The first kappa shape index (κ1) is 14.7. The molecular formula is C27H46O2. The summed E-state index contributed by atoms with van der Waals surface area (Å²) in [6.07, 6.45) is 9.08. The van der Waals surface area contributed by atoms with Crippen molar-refractivity contribution >= 4 is 0 Å². The zero-order valence-electron chi connectivity index (χ0n) is 25.6. The molecule has 0 saturated heterocycles. The molecule has 2 nitrogen and oxygen atoms in total. The van der Waals surface area contributed by atoms with Crippen LogP contribution in [0.15, 0.2) is 11.6 Å². The van der Waals surface area contributed by atoms with E-state index in [1.165, 1.54) is 6.42 Å². The van der Waals surface area contributed by atoms with Gasteiger partial charge >= 0.3 is 0 Å². The van der Waals surface area contributed by atoms with Crippen LogP contribution in [0.4, 0.5) is 0 Å². The molecule has 4 aliphatic rings. The zero-order chi connectivity index (χ0) is 26.9. The van der Waals surface area contributed by atoms with Crippen LogP contribution in [0.2, 0.25) is 0 Å². The molecule has 2 unspecified atom stereocenters. The molecule has 4 aliphatic carbocycles. The van der Waals surface area contributed by atoms with Crippen molar-refractivity contribution in [2.75, 3.05) is 0 Å². The lowest BCUT2D eigenvalue weighted by Gasteiger charge is -2.59. The molecule has 0 aliphatic heterocycles. The summed E-state index contributed by atoms with van der Waals surface area (Å²) in [5.74, 6) is 0.187. The predicted octanol–water partition coefficient (Wildman–Crippen LogP) is 6.36. The molecule has 0 spiro atoms. The summed E-state index contributed by atoms with van der Waals surface area (Å²) in [4.78, 5) is 0. The van der Waals surface area contributed by atoms with Crippen LogP contribution in [0, 0.1) is 46.3 Å². The molecule has 9 atom stereocenters. The van der Waals surface area contributed by atoms with Gasteiger partial charge in [0.1, 0.15) is 6.10 Å². The third-order valence-corrected chi connectivity index (χ3v) is 10.0. The molecule has 0 radical (unpaired) electrons. The van der Waals surface area contributed by atoms with Crippen LogP contribution in [-0.2, 0) is 0 Å². The Morgan fingerprint density at radius 3 is 2.66 bits per heavy atom. The van der Waals surface area contributed by atoms with E-state index in [-0.39, 0.29) is 17.3 Å². The quantitative estimate of drug-likeness (QED) is 0.519. The second kappa shape index (κ2) is 7.97. The molecule has 0 bridgehead atoms. The number of hydrogen-bond acceptors (Lipinski definition) is 2. The zero-order valence-corrected chi connectivity index (χ0v) is 18.6. The Bertz CT molecular complexity index is 838. The van der Waals surface area contributed by atoms with Gasteiger partial charge in [0, 0.05) is 9.60 Å². The van der Waals surface area contributed by atoms with E-state index in [1.54, 1.807) is 0 Å². The molecule has 4 rings (SSSR count). The molecule has 0 aromatic heterocycles. The van der Waals surface area contributed by atoms with E-state index < -0.39 is 31.8 Å². The molecule has 166 valence electrons. The van der Waals surface area contributed by atoms with Crippen molar-refractivity contribution in [1.29, 1.82) is 0 Å². The van der Waals surface area contributed by atoms with Crippen LogP contribution in [0.3, 0.4) is 0 Å². The van der Waals surface area contributed by atoms with Gasteiger partial charge in [-0.05, 0) is 96.8 Å². The van der Waals surface area contributed by atoms with E-state index in [2.05, 4.69) is 26.8 Å². The molecule has 2 heteroatoms. The summed E-state index contributed by atoms with van der Waals surface area (Å²) in [5, 5.41) is 21.0. The maximum absolute atomic E-state index is 10.7. The first-order valence-corrected chi connectivity index (χ1v) is 12.0. The lowest BCUT2D eigenvalue weighted by Crippen LogP contribution is -2.53. The van der Waals surface area contributed by atoms with Crippen LogP contribution in [0.1, 0.15) is 108 Å². The van der Waals surface area contributed by atoms with Crippen molar-refractivity contribution in [2.24, 2.45) is 46.3 Å². The average Bonchev–Trinajstić information content (AvgIpc) is 3.12. The molecule has 2 N–H and O–H groups in total. The van der Waals surface area contributed by atoms with Crippen LogP contribution >= 0.6 is 0 Å². The fourth-order valence-corrected chi connectivity index (χ4v) is 8.50. The van der Waals surface area contributed by atoms with Crippen molar-refractivity contribution in [3.05, 3.63) is 11.6 Å². The van der Waals surface area contributed by atoms with Gasteiger partial charge in [0.25, 0.3) is 0 Å². The van der Waals surface area contributed by atoms with Gasteiger partial charge in [-0.2, -0.15) is 0 Å². The molecule has 3 fully saturated rings. The van der Waals surface area contributed by atoms with Crippen molar-refractivity contribution in [3.63, 3.8) is 0 Å². The molecule has 0 amide bonds. The highest BCUT2D eigenvalue weighted by Crippen LogP contribution is 2.67. The fourth-order valence-electron chi connectivity index (χ4n) is 8.50. The Morgan fingerprint density at radius 2 is 1.90 bits per heavy atom. The third kappa shape index (κ3) is 3.55. The maximum atomic E-state index is 10.7. The van der Waals surface area contributed by atoms with Gasteiger partial charge in [-0.1, -0.05) is 59.8 Å². The van der Waals surface area contributed by atoms with Crippen molar-refractivity contribution in [3.8, 4) is 0 Å². The lowest BCUT2D eigenvalue weighted by atomic mass is 9.46. The second-order valence-electron chi connectivity index (χ2n) is 11.3. The number of aliphatic hydroxyl groups is 2. The van der Waals surface area contributed by atoms with Gasteiger partial charge in [-0.3, -0.25) is 0 Å². The van der Waals surface area contributed by atoms with Crippen LogP contribution < -0.4 is 0 Å². The van der Waals surface area contributed by atoms with Gasteiger partial charge in [0.05, 0.1) is 6.10 Å². The minimum atomic E-state index is -2.84. The number of aliphatic hydroxyl groups excluding tert-OH is 2. The fraction of sp³-hybridized carbons (Fsp3) is 0.926. The smallest absolute Gasteiger partial charge is 0.101 e. The molecule has 0 heterocycles. The molecule has 3 saturated carbocycles. The summed E-state index contributed by atoms with van der Waals surface area (Å²) < 4.78 is 54.4. The lowest BCUT2D eigenvalue weighted by molar-refractivity contribution is -0.0801. The van der Waals surface area contributed by atoms with Crippen molar-refractivity contribution in [1.82, 2.24) is 0 Å². The molecule has 0 aromatic rings. The molecule has 0 aromatic carbocycles. The van der Waals surface area contributed by atoms with Crippen LogP contribution in [-0.4, -0.2) is 22.4 Å². The summed E-state index contributed by atoms with van der Waals surface area (Å²) in [6, 6.07) is 0. The Kier molecular flexibility index (Phi) is 4.03. The minimum absolute atomic E-state index is 0.0331. The van der Waals surface area contributed by atoms with Crippen molar-refractivity contribution < 1.29 is 19.8 Å². The monoisotopic (exact) mass is 409 g/mol. The predicted molar refractivity (Wildman–Crippen MR) is 120 cm³/mol. The average molecular weight is 410 g/mol. The van der Waals surface area contributed by atoms with Crippen molar-refractivity contribution in [2.45, 2.75) is 111 Å². The van der Waals surface area contributed by atoms with E-state index in [0.717, 1.165) is 44.1 Å². The summed E-state index contributed by atoms with van der Waals surface area (Å²) in [7, 11) is 0. The van der Waals surface area contributed by atoms with E-state index in [0.29, 0.717) is 42.4 Å². The van der Waals surface area contributed by atoms with Gasteiger partial charge in [0.2, 0.25) is 0 Å². The molecular weight excluding hydrogens is 356 g/mol. The number of rotatable bonds is 5. The molecule has 29 heavy (non-hydrogen) atoms. The van der Waals surface area contributed by atoms with Gasteiger partial charge in [-0.15, -0.1) is 0 Å². The Hall–Kier alpha value is -0.340. The van der Waals surface area contributed by atoms with Gasteiger partial charge in [-0.25, -0.2) is 0 Å². The minimum Gasteiger partial charge on any atom is -0.390 e. The Labute approximate surface area is 189 Å². The summed E-state index contributed by atoms with van der Waals surface area (Å²) in [5.41, 5.74) is 1.24.